The van der Waals surface area contributed by atoms with Crippen LogP contribution < -0.4 is 14.7 Å². The van der Waals surface area contributed by atoms with Crippen LogP contribution in [0.1, 0.15) is 1.43 Å². The van der Waals surface area contributed by atoms with Crippen molar-refractivity contribution in [3.05, 3.63) is 0 Å². The van der Waals surface area contributed by atoms with E-state index in [0.29, 0.717) is 0 Å². The van der Waals surface area contributed by atoms with Crippen molar-refractivity contribution in [2.75, 3.05) is 0 Å². The van der Waals surface area contributed by atoms with Gasteiger partial charge in [-0.25, -0.2) is 0 Å². The van der Waals surface area contributed by atoms with Crippen LogP contribution in [0.3, 0.4) is 0 Å². The largest absolute Gasteiger partial charge is 1.00 e. The topological polar surface area (TPSA) is 86.2 Å². The molecule has 0 heterocycles. The summed E-state index contributed by atoms with van der Waals surface area (Å²) in [6.45, 7) is 0. The molecule has 0 aromatic rings. The average molecular weight is 96.0 g/mol. The highest BCUT2D eigenvalue weighted by molar-refractivity contribution is 7.40. The predicted molar refractivity (Wildman–Crippen MR) is 8.72 cm³/mol. The summed E-state index contributed by atoms with van der Waals surface area (Å²) in [6.07, 6.45) is 0. The van der Waals surface area contributed by atoms with Gasteiger partial charge in [0.15, 0.2) is 0 Å². The van der Waals surface area contributed by atoms with Gasteiger partial charge < -0.3 is 20.7 Å². The van der Waals surface area contributed by atoms with Crippen molar-refractivity contribution in [1.82, 2.24) is 0 Å². The Morgan fingerprint density at radius 2 is 1.40 bits per heavy atom. The third kappa shape index (κ3) is 1510. The summed E-state index contributed by atoms with van der Waals surface area (Å²) in [5, 5.41) is 0. The molecule has 0 aliphatic carbocycles. The molecule has 0 fully saturated rings. The third-order valence-electron chi connectivity index (χ3n) is 0. The highest BCUT2D eigenvalue weighted by atomic mass is 31.2. The van der Waals surface area contributed by atoms with E-state index in [1.165, 1.54) is 0 Å². The van der Waals surface area contributed by atoms with Crippen LogP contribution in [0.25, 0.3) is 0 Å². The smallest absolute Gasteiger partial charge is 0.159 e. The Morgan fingerprint density at radius 1 is 1.40 bits per heavy atom. The van der Waals surface area contributed by atoms with Crippen LogP contribution in [-0.2, 0) is 4.57 Å². The number of rotatable bonds is 0. The van der Waals surface area contributed by atoms with Crippen molar-refractivity contribution < 1.29 is 20.7 Å². The highest BCUT2D eigenvalue weighted by Gasteiger charge is 1.44. The molecule has 0 unspecified atom stereocenters. The second kappa shape index (κ2) is 1.06. The predicted octanol–water partition coefficient (Wildman–Crippen LogP) is -2.71. The molecule has 0 aromatic heterocycles. The number of phosphoric acid groups is 1. The van der Waals surface area contributed by atoms with Crippen LogP contribution in [-0.4, -0.2) is 0 Å². The van der Waals surface area contributed by atoms with Gasteiger partial charge >= 0.3 is 0 Å². The first-order chi connectivity index (χ1) is 2.00. The first-order valence-corrected chi connectivity index (χ1v) is 2.19. The summed E-state index contributed by atoms with van der Waals surface area (Å²) < 4.78 is 8.55. The Bertz CT molecular complexity index is 53.7. The summed E-state index contributed by atoms with van der Waals surface area (Å²) >= 11 is 0. The van der Waals surface area contributed by atoms with Gasteiger partial charge in [-0.2, -0.15) is 7.82 Å². The maximum absolute atomic E-state index is 8.55. The van der Waals surface area contributed by atoms with Crippen molar-refractivity contribution in [3.63, 3.8) is 0 Å². The van der Waals surface area contributed by atoms with Crippen LogP contribution in [0.5, 0.6) is 0 Å². The molecule has 0 aliphatic rings. The van der Waals surface area contributed by atoms with Crippen LogP contribution >= 0.6 is 7.82 Å². The number of hydrogen-bond donors (Lipinski definition) is 0. The fourth-order valence-corrected chi connectivity index (χ4v) is 0. The van der Waals surface area contributed by atoms with E-state index in [9.17, 15) is 0 Å². The second-order valence-electron chi connectivity index (χ2n) is 0.447. The van der Waals surface area contributed by atoms with Crippen molar-refractivity contribution in [3.8, 4) is 0 Å². The molecule has 34 valence electrons. The first kappa shape index (κ1) is 5.11. The molecule has 0 amide bonds. The lowest BCUT2D eigenvalue weighted by molar-refractivity contribution is -0.432. The van der Waals surface area contributed by atoms with E-state index in [0.717, 1.165) is 0 Å². The quantitative estimate of drug-likeness (QED) is 0.307. The van der Waals surface area contributed by atoms with E-state index in [1.807, 2.05) is 0 Å². The molecule has 4 nitrogen and oxygen atoms in total. The molecule has 0 atom stereocenters. The molecular formula is HO4P-4. The van der Waals surface area contributed by atoms with E-state index >= 15 is 0 Å². The lowest BCUT2D eigenvalue weighted by Crippen LogP contribution is -2.24. The zero-order valence-electron chi connectivity index (χ0n) is 3.08. The lowest BCUT2D eigenvalue weighted by Gasteiger charge is -2.36. The van der Waals surface area contributed by atoms with E-state index < -0.39 is 7.82 Å². The van der Waals surface area contributed by atoms with Gasteiger partial charge in [0.1, 0.15) is 0 Å². The van der Waals surface area contributed by atoms with Gasteiger partial charge in [-0.3, -0.25) is 0 Å². The van der Waals surface area contributed by atoms with E-state index in [1.54, 1.807) is 0 Å². The molecule has 0 aromatic carbocycles. The van der Waals surface area contributed by atoms with Gasteiger partial charge in [0.05, 0.1) is 0 Å². The van der Waals surface area contributed by atoms with E-state index in [-0.39, 0.29) is 1.43 Å². The fourth-order valence-electron chi connectivity index (χ4n) is 0. The van der Waals surface area contributed by atoms with Crippen molar-refractivity contribution in [2.24, 2.45) is 0 Å². The van der Waals surface area contributed by atoms with E-state index in [2.05, 4.69) is 0 Å². The Balaban J connectivity index is 0. The van der Waals surface area contributed by atoms with Gasteiger partial charge in [-0.05, 0) is 0 Å². The monoisotopic (exact) mass is 96.0 g/mol. The third-order valence-corrected chi connectivity index (χ3v) is 0. The Kier molecular flexibility index (Phi) is 1.09. The molecule has 5 heteroatoms. The van der Waals surface area contributed by atoms with Crippen molar-refractivity contribution in [1.29, 1.82) is 0 Å². The molecule has 0 aliphatic heterocycles. The molecule has 0 saturated heterocycles. The molecule has 0 spiro atoms. The van der Waals surface area contributed by atoms with Gasteiger partial charge in [0.2, 0.25) is 0 Å². The maximum atomic E-state index is 8.55. The molecule has 0 bridgehead atoms. The molecule has 0 N–H and O–H groups in total. The lowest BCUT2D eigenvalue weighted by atomic mass is 15.8. The van der Waals surface area contributed by atoms with Crippen LogP contribution in [0.15, 0.2) is 0 Å². The molecule has 0 radical (unpaired) electrons. The maximum Gasteiger partial charge on any atom is -0.159 e. The molecule has 0 rings (SSSR count). The minimum atomic E-state index is -5.39. The fraction of sp³-hybridized carbons (Fsp3) is 0. The molecular weight excluding hydrogens is 95.0 g/mol. The molecule has 0 saturated carbocycles. The Labute approximate surface area is 29.8 Å². The SMILES string of the molecule is O=P([O-])([O-])[O-].[H-]. The normalized spacial score (nSPS) is 11.8. The highest BCUT2D eigenvalue weighted by Crippen LogP contribution is 2.03. The first-order valence-electron chi connectivity index (χ1n) is 0.730. The number of hydrogen-bond acceptors (Lipinski definition) is 4. The van der Waals surface area contributed by atoms with Crippen LogP contribution in [0.4, 0.5) is 0 Å². The van der Waals surface area contributed by atoms with Gasteiger partial charge in [-0.15, -0.1) is 0 Å². The molecule has 5 heavy (non-hydrogen) atoms. The minimum absolute atomic E-state index is 0. The summed E-state index contributed by atoms with van der Waals surface area (Å²) in [4.78, 5) is 25.6. The summed E-state index contributed by atoms with van der Waals surface area (Å²) in [5.74, 6) is 0. The van der Waals surface area contributed by atoms with Gasteiger partial charge in [-0.1, -0.05) is 0 Å². The zero-order chi connectivity index (χ0) is 4.50. The summed E-state index contributed by atoms with van der Waals surface area (Å²) in [5.41, 5.74) is 0. The van der Waals surface area contributed by atoms with E-state index in [4.69, 9.17) is 19.2 Å². The second-order valence-corrected chi connectivity index (χ2v) is 1.34. The van der Waals surface area contributed by atoms with Gasteiger partial charge in [0.25, 0.3) is 0 Å². The summed E-state index contributed by atoms with van der Waals surface area (Å²) in [7, 11) is -5.39. The standard InChI is InChI=1S/H3O4P.H/c1-5(2,3)4;/h(H3,1,2,3,4);/q;-1/p-3. The van der Waals surface area contributed by atoms with Crippen LogP contribution in [0.2, 0.25) is 0 Å². The van der Waals surface area contributed by atoms with Crippen molar-refractivity contribution >= 4 is 7.82 Å². The average Bonchev–Trinajstić information content (AvgIpc) is 0.722. The Morgan fingerprint density at radius 3 is 1.40 bits per heavy atom. The summed E-state index contributed by atoms with van der Waals surface area (Å²) in [6, 6.07) is 0. The van der Waals surface area contributed by atoms with Crippen LogP contribution in [0, 0.1) is 0 Å². The van der Waals surface area contributed by atoms with Gasteiger partial charge in [0, 0.05) is 0 Å². The zero-order valence-corrected chi connectivity index (χ0v) is 2.97. The Hall–Kier alpha value is 0.110. The minimum Gasteiger partial charge on any atom is -1.00 e. The van der Waals surface area contributed by atoms with Crippen molar-refractivity contribution in [2.45, 2.75) is 0 Å².